The molecule has 102 valence electrons. The molecule has 3 unspecified atom stereocenters. The first kappa shape index (κ1) is 14.9. The van der Waals surface area contributed by atoms with Gasteiger partial charge in [-0.2, -0.15) is 0 Å². The Balaban J connectivity index is 2.62. The molecule has 1 fully saturated rings. The molecule has 0 radical (unpaired) electrons. The quantitative estimate of drug-likeness (QED) is 0.691. The topological polar surface area (TPSA) is 58.3 Å². The molecule has 0 amide bonds. The highest BCUT2D eigenvalue weighted by Crippen LogP contribution is 2.40. The zero-order chi connectivity index (χ0) is 13.1. The lowest BCUT2D eigenvalue weighted by Gasteiger charge is -2.46. The van der Waals surface area contributed by atoms with E-state index < -0.39 is 0 Å². The Bertz CT molecular complexity index is 240. The fourth-order valence-electron chi connectivity index (χ4n) is 3.45. The van der Waals surface area contributed by atoms with Gasteiger partial charge in [0.25, 0.3) is 0 Å². The van der Waals surface area contributed by atoms with E-state index in [2.05, 4.69) is 26.1 Å². The lowest BCUT2D eigenvalue weighted by atomic mass is 9.68. The molecule has 3 heteroatoms. The van der Waals surface area contributed by atoms with E-state index in [0.29, 0.717) is 18.0 Å². The van der Waals surface area contributed by atoms with Crippen LogP contribution in [-0.2, 0) is 0 Å². The highest BCUT2D eigenvalue weighted by Gasteiger charge is 2.39. The molecule has 0 aliphatic heterocycles. The molecular formula is C14H30N2O. The second-order valence-corrected chi connectivity index (χ2v) is 6.81. The summed E-state index contributed by atoms with van der Waals surface area (Å²) in [5, 5.41) is 13.1. The van der Waals surface area contributed by atoms with Crippen LogP contribution < -0.4 is 11.1 Å². The van der Waals surface area contributed by atoms with Gasteiger partial charge in [0.15, 0.2) is 0 Å². The highest BCUT2D eigenvalue weighted by molar-refractivity contribution is 4.98. The number of nitrogens with one attached hydrogen (secondary N) is 1. The van der Waals surface area contributed by atoms with Gasteiger partial charge in [-0.15, -0.1) is 0 Å². The standard InChI is InChI=1S/C14H30N2O/c1-11(8-12(2)17)16-14(10-15)7-5-6-13(3,4)9-14/h11-12,16-17H,5-10,15H2,1-4H3. The van der Waals surface area contributed by atoms with Crippen molar-refractivity contribution in [3.05, 3.63) is 0 Å². The van der Waals surface area contributed by atoms with Crippen molar-refractivity contribution in [2.45, 2.75) is 77.5 Å². The number of rotatable bonds is 5. The van der Waals surface area contributed by atoms with Crippen LogP contribution in [0.25, 0.3) is 0 Å². The van der Waals surface area contributed by atoms with E-state index in [-0.39, 0.29) is 11.6 Å². The summed E-state index contributed by atoms with van der Waals surface area (Å²) in [5.41, 5.74) is 6.48. The number of hydrogen-bond acceptors (Lipinski definition) is 3. The number of aliphatic hydroxyl groups is 1. The smallest absolute Gasteiger partial charge is 0.0526 e. The second-order valence-electron chi connectivity index (χ2n) is 6.81. The molecule has 3 atom stereocenters. The Morgan fingerprint density at radius 3 is 2.41 bits per heavy atom. The van der Waals surface area contributed by atoms with Gasteiger partial charge in [0.05, 0.1) is 6.10 Å². The van der Waals surface area contributed by atoms with Crippen molar-refractivity contribution < 1.29 is 5.11 Å². The Kier molecular flexibility index (Phi) is 4.99. The van der Waals surface area contributed by atoms with Crippen molar-refractivity contribution in [1.29, 1.82) is 0 Å². The third-order valence-electron chi connectivity index (χ3n) is 3.96. The van der Waals surface area contributed by atoms with Crippen molar-refractivity contribution in [3.63, 3.8) is 0 Å². The minimum Gasteiger partial charge on any atom is -0.393 e. The van der Waals surface area contributed by atoms with Crippen LogP contribution in [0.3, 0.4) is 0 Å². The molecule has 0 aromatic rings. The monoisotopic (exact) mass is 242 g/mol. The molecule has 17 heavy (non-hydrogen) atoms. The summed E-state index contributed by atoms with van der Waals surface area (Å²) in [5.74, 6) is 0. The van der Waals surface area contributed by atoms with Crippen LogP contribution in [0.15, 0.2) is 0 Å². The maximum absolute atomic E-state index is 9.44. The molecule has 0 spiro atoms. The predicted molar refractivity (Wildman–Crippen MR) is 72.9 cm³/mol. The molecule has 1 aliphatic rings. The molecule has 0 bridgehead atoms. The molecule has 4 N–H and O–H groups in total. The van der Waals surface area contributed by atoms with Crippen molar-refractivity contribution in [2.24, 2.45) is 11.1 Å². The Morgan fingerprint density at radius 2 is 1.94 bits per heavy atom. The van der Waals surface area contributed by atoms with Gasteiger partial charge in [0.1, 0.15) is 0 Å². The number of nitrogens with two attached hydrogens (primary N) is 1. The summed E-state index contributed by atoms with van der Waals surface area (Å²) in [6.45, 7) is 9.35. The van der Waals surface area contributed by atoms with Crippen molar-refractivity contribution >= 4 is 0 Å². The largest absolute Gasteiger partial charge is 0.393 e. The van der Waals surface area contributed by atoms with Gasteiger partial charge in [-0.25, -0.2) is 0 Å². The molecule has 0 aromatic heterocycles. The Morgan fingerprint density at radius 1 is 1.29 bits per heavy atom. The van der Waals surface area contributed by atoms with Crippen LogP contribution in [0.5, 0.6) is 0 Å². The summed E-state index contributed by atoms with van der Waals surface area (Å²) in [6.07, 6.45) is 5.39. The fraction of sp³-hybridized carbons (Fsp3) is 1.00. The zero-order valence-corrected chi connectivity index (χ0v) is 11.9. The van der Waals surface area contributed by atoms with E-state index in [4.69, 9.17) is 5.73 Å². The minimum absolute atomic E-state index is 0.0794. The van der Waals surface area contributed by atoms with E-state index in [1.54, 1.807) is 0 Å². The SMILES string of the molecule is CC(O)CC(C)NC1(CN)CCCC(C)(C)C1. The van der Waals surface area contributed by atoms with Crippen LogP contribution in [0.1, 0.15) is 59.8 Å². The summed E-state index contributed by atoms with van der Waals surface area (Å²) in [4.78, 5) is 0. The molecule has 0 saturated heterocycles. The molecule has 0 aromatic carbocycles. The van der Waals surface area contributed by atoms with Crippen LogP contribution in [0.4, 0.5) is 0 Å². The van der Waals surface area contributed by atoms with Crippen LogP contribution in [-0.4, -0.2) is 29.3 Å². The summed E-state index contributed by atoms with van der Waals surface area (Å²) in [6, 6.07) is 0.326. The predicted octanol–water partition coefficient (Wildman–Crippen LogP) is 2.03. The van der Waals surface area contributed by atoms with Crippen molar-refractivity contribution in [2.75, 3.05) is 6.54 Å². The van der Waals surface area contributed by atoms with E-state index in [9.17, 15) is 5.11 Å². The molecular weight excluding hydrogens is 212 g/mol. The summed E-state index contributed by atoms with van der Waals surface area (Å²) in [7, 11) is 0. The van der Waals surface area contributed by atoms with Gasteiger partial charge >= 0.3 is 0 Å². The third-order valence-corrected chi connectivity index (χ3v) is 3.96. The molecule has 1 rings (SSSR count). The fourth-order valence-corrected chi connectivity index (χ4v) is 3.45. The van der Waals surface area contributed by atoms with Crippen LogP contribution in [0.2, 0.25) is 0 Å². The van der Waals surface area contributed by atoms with Gasteiger partial charge in [0.2, 0.25) is 0 Å². The van der Waals surface area contributed by atoms with E-state index >= 15 is 0 Å². The lowest BCUT2D eigenvalue weighted by Crippen LogP contribution is -2.58. The number of aliphatic hydroxyl groups excluding tert-OH is 1. The maximum Gasteiger partial charge on any atom is 0.0526 e. The number of hydrogen-bond donors (Lipinski definition) is 3. The lowest BCUT2D eigenvalue weighted by molar-refractivity contribution is 0.101. The molecule has 3 nitrogen and oxygen atoms in total. The zero-order valence-electron chi connectivity index (χ0n) is 11.9. The minimum atomic E-state index is -0.246. The normalized spacial score (nSPS) is 32.1. The van der Waals surface area contributed by atoms with Crippen LogP contribution in [0, 0.1) is 5.41 Å². The second kappa shape index (κ2) is 5.68. The highest BCUT2D eigenvalue weighted by atomic mass is 16.3. The average molecular weight is 242 g/mol. The molecule has 0 heterocycles. The van der Waals surface area contributed by atoms with Gasteiger partial charge < -0.3 is 16.2 Å². The van der Waals surface area contributed by atoms with E-state index in [0.717, 1.165) is 19.3 Å². The van der Waals surface area contributed by atoms with Gasteiger partial charge in [-0.3, -0.25) is 0 Å². The first-order valence-corrected chi connectivity index (χ1v) is 6.94. The van der Waals surface area contributed by atoms with Gasteiger partial charge in [-0.05, 0) is 44.9 Å². The third kappa shape index (κ3) is 4.57. The van der Waals surface area contributed by atoms with E-state index in [1.165, 1.54) is 12.8 Å². The maximum atomic E-state index is 9.44. The van der Waals surface area contributed by atoms with E-state index in [1.807, 2.05) is 6.92 Å². The van der Waals surface area contributed by atoms with Gasteiger partial charge in [0, 0.05) is 18.1 Å². The van der Waals surface area contributed by atoms with Crippen molar-refractivity contribution in [3.8, 4) is 0 Å². The van der Waals surface area contributed by atoms with Crippen LogP contribution >= 0.6 is 0 Å². The first-order valence-electron chi connectivity index (χ1n) is 6.94. The summed E-state index contributed by atoms with van der Waals surface area (Å²) < 4.78 is 0. The Labute approximate surface area is 106 Å². The summed E-state index contributed by atoms with van der Waals surface area (Å²) >= 11 is 0. The molecule has 1 aliphatic carbocycles. The average Bonchev–Trinajstić information content (AvgIpc) is 2.14. The van der Waals surface area contributed by atoms with Gasteiger partial charge in [-0.1, -0.05) is 20.3 Å². The van der Waals surface area contributed by atoms with Crippen molar-refractivity contribution in [1.82, 2.24) is 5.32 Å². The Hall–Kier alpha value is -0.120. The molecule has 1 saturated carbocycles. The first-order chi connectivity index (χ1) is 7.79.